The minimum Gasteiger partial charge on any atom is -0.356 e. The molecule has 0 atom stereocenters. The summed E-state index contributed by atoms with van der Waals surface area (Å²) >= 11 is 0. The average Bonchev–Trinajstić information content (AvgIpc) is 2.56. The van der Waals surface area contributed by atoms with Gasteiger partial charge in [0, 0.05) is 11.2 Å². The van der Waals surface area contributed by atoms with E-state index in [4.69, 9.17) is 0 Å². The van der Waals surface area contributed by atoms with Crippen LogP contribution in [0.1, 0.15) is 5.69 Å². The molecule has 0 amide bonds. The Balaban J connectivity index is 2.23. The van der Waals surface area contributed by atoms with Crippen LogP contribution in [0.4, 0.5) is 0 Å². The van der Waals surface area contributed by atoms with Gasteiger partial charge in [-0.1, -0.05) is 18.2 Å². The van der Waals surface area contributed by atoms with Crippen LogP contribution in [-0.4, -0.2) is 19.7 Å². The number of rotatable bonds is 3. The molecule has 0 aliphatic heterocycles. The molecule has 0 aliphatic rings. The van der Waals surface area contributed by atoms with Gasteiger partial charge in [-0.15, -0.1) is 0 Å². The zero-order valence-corrected chi connectivity index (χ0v) is 9.04. The summed E-state index contributed by atoms with van der Waals surface area (Å²) in [5.41, 5.74) is 1.73. The number of aromatic nitrogens is 1. The van der Waals surface area contributed by atoms with Gasteiger partial charge in [0.05, 0.1) is 6.26 Å². The van der Waals surface area contributed by atoms with Crippen molar-refractivity contribution in [3.63, 3.8) is 0 Å². The quantitative estimate of drug-likeness (QED) is 0.808. The minimum atomic E-state index is -3.38. The fraction of sp³-hybridized carbons (Fsp3) is 0.200. The molecule has 0 spiro atoms. The summed E-state index contributed by atoms with van der Waals surface area (Å²) in [4.78, 5) is 3.08. The first-order valence-corrected chi connectivity index (χ1v) is 6.27. The summed E-state index contributed by atoms with van der Waals surface area (Å²) in [6.45, 7) is 0.0491. The summed E-state index contributed by atoms with van der Waals surface area (Å²) in [5, 5.41) is 1.05. The highest BCUT2D eigenvalue weighted by Gasteiger charge is 2.04. The third-order valence-electron chi connectivity index (χ3n) is 2.01. The van der Waals surface area contributed by atoms with Gasteiger partial charge in [-0.05, 0) is 17.5 Å². The number of nitrogens with one attached hydrogen (secondary N) is 1. The summed E-state index contributed by atoms with van der Waals surface area (Å²) in [7, 11) is -3.38. The van der Waals surface area contributed by atoms with Gasteiger partial charge in [0.15, 0.2) is 0 Å². The Kier molecular flexibility index (Phi) is 2.50. The van der Waals surface area contributed by atoms with Gasteiger partial charge < -0.3 is 4.98 Å². The average molecular weight is 225 g/mol. The first kappa shape index (κ1) is 10.2. The van der Waals surface area contributed by atoms with Crippen LogP contribution in [0.25, 0.3) is 10.9 Å². The summed E-state index contributed by atoms with van der Waals surface area (Å²) < 4.78 is 26.3. The molecule has 15 heavy (non-hydrogen) atoms. The second-order valence-electron chi connectivity index (χ2n) is 3.35. The number of hydrogen-bond donors (Lipinski definition) is 1. The number of benzene rings is 1. The lowest BCUT2D eigenvalue weighted by molar-refractivity contribution is 0.308. The van der Waals surface area contributed by atoms with E-state index >= 15 is 0 Å². The normalized spacial score (nSPS) is 12.1. The fourth-order valence-electron chi connectivity index (χ4n) is 1.38. The Morgan fingerprint density at radius 2 is 2.07 bits per heavy atom. The molecule has 2 aromatic rings. The zero-order valence-electron chi connectivity index (χ0n) is 8.23. The lowest BCUT2D eigenvalue weighted by Gasteiger charge is -1.97. The Morgan fingerprint density at radius 3 is 2.73 bits per heavy atom. The molecule has 1 aromatic heterocycles. The van der Waals surface area contributed by atoms with Crippen molar-refractivity contribution in [1.82, 2.24) is 4.98 Å². The van der Waals surface area contributed by atoms with Crippen LogP contribution < -0.4 is 0 Å². The lowest BCUT2D eigenvalue weighted by Crippen LogP contribution is -2.02. The second-order valence-corrected chi connectivity index (χ2v) is 4.99. The smallest absolute Gasteiger partial charge is 0.264 e. The number of hydrogen-bond acceptors (Lipinski definition) is 3. The van der Waals surface area contributed by atoms with Crippen molar-refractivity contribution >= 4 is 21.0 Å². The monoisotopic (exact) mass is 225 g/mol. The molecule has 0 aliphatic carbocycles. The Labute approximate surface area is 88.0 Å². The Hall–Kier alpha value is -1.33. The summed E-state index contributed by atoms with van der Waals surface area (Å²) in [6.07, 6.45) is 1.04. The molecule has 5 heteroatoms. The molecule has 80 valence electrons. The molecule has 0 bridgehead atoms. The topological polar surface area (TPSA) is 59.2 Å². The van der Waals surface area contributed by atoms with Gasteiger partial charge >= 0.3 is 0 Å². The molecule has 1 heterocycles. The molecule has 1 N–H and O–H groups in total. The van der Waals surface area contributed by atoms with E-state index in [0.717, 1.165) is 22.9 Å². The molecule has 0 fully saturated rings. The standard InChI is InChI=1S/C10H11NO3S/c1-15(12,13)14-7-9-6-8-4-2-3-5-10(8)11-9/h2-6,11H,7H2,1H3. The molecule has 0 radical (unpaired) electrons. The highest BCUT2D eigenvalue weighted by atomic mass is 32.2. The second kappa shape index (κ2) is 3.67. The van der Waals surface area contributed by atoms with E-state index in [1.54, 1.807) is 0 Å². The van der Waals surface area contributed by atoms with Gasteiger partial charge in [-0.3, -0.25) is 4.18 Å². The largest absolute Gasteiger partial charge is 0.356 e. The van der Waals surface area contributed by atoms with Crippen LogP contribution in [0.3, 0.4) is 0 Å². The molecule has 0 saturated carbocycles. The van der Waals surface area contributed by atoms with Crippen molar-refractivity contribution in [1.29, 1.82) is 0 Å². The van der Waals surface area contributed by atoms with E-state index in [1.165, 1.54) is 0 Å². The van der Waals surface area contributed by atoms with Crippen molar-refractivity contribution in [3.8, 4) is 0 Å². The van der Waals surface area contributed by atoms with Gasteiger partial charge in [-0.25, -0.2) is 0 Å². The number of H-pyrrole nitrogens is 1. The maximum absolute atomic E-state index is 10.8. The molecule has 4 nitrogen and oxygen atoms in total. The SMILES string of the molecule is CS(=O)(=O)OCc1cc2ccccc2[nH]1. The first-order chi connectivity index (χ1) is 7.04. The van der Waals surface area contributed by atoms with Crippen LogP contribution in [-0.2, 0) is 20.9 Å². The van der Waals surface area contributed by atoms with E-state index in [9.17, 15) is 8.42 Å². The minimum absolute atomic E-state index is 0.0491. The van der Waals surface area contributed by atoms with Crippen molar-refractivity contribution in [2.45, 2.75) is 6.61 Å². The number of fused-ring (bicyclic) bond motifs is 1. The molecular weight excluding hydrogens is 214 g/mol. The molecule has 2 rings (SSSR count). The Bertz CT molecular complexity index is 538. The molecule has 0 saturated heterocycles. The van der Waals surface area contributed by atoms with Crippen molar-refractivity contribution in [2.75, 3.05) is 6.26 Å². The predicted octanol–water partition coefficient (Wildman–Crippen LogP) is 1.64. The molecule has 1 aromatic carbocycles. The molecule has 0 unspecified atom stereocenters. The summed E-state index contributed by atoms with van der Waals surface area (Å²) in [5.74, 6) is 0. The predicted molar refractivity (Wildman–Crippen MR) is 57.9 cm³/mol. The van der Waals surface area contributed by atoms with Crippen molar-refractivity contribution in [2.24, 2.45) is 0 Å². The van der Waals surface area contributed by atoms with E-state index in [2.05, 4.69) is 9.17 Å². The van der Waals surface area contributed by atoms with Crippen molar-refractivity contribution < 1.29 is 12.6 Å². The van der Waals surface area contributed by atoms with Crippen LogP contribution in [0.15, 0.2) is 30.3 Å². The third kappa shape index (κ3) is 2.57. The lowest BCUT2D eigenvalue weighted by atomic mass is 10.2. The van der Waals surface area contributed by atoms with Crippen LogP contribution in [0.5, 0.6) is 0 Å². The van der Waals surface area contributed by atoms with E-state index < -0.39 is 10.1 Å². The number of para-hydroxylation sites is 1. The first-order valence-electron chi connectivity index (χ1n) is 4.46. The van der Waals surface area contributed by atoms with Crippen LogP contribution in [0.2, 0.25) is 0 Å². The highest BCUT2D eigenvalue weighted by molar-refractivity contribution is 7.85. The van der Waals surface area contributed by atoms with E-state index in [1.807, 2.05) is 30.3 Å². The number of aromatic amines is 1. The van der Waals surface area contributed by atoms with Gasteiger partial charge in [0.1, 0.15) is 6.61 Å². The van der Waals surface area contributed by atoms with Crippen molar-refractivity contribution in [3.05, 3.63) is 36.0 Å². The Morgan fingerprint density at radius 1 is 1.33 bits per heavy atom. The van der Waals surface area contributed by atoms with Crippen LogP contribution in [0, 0.1) is 0 Å². The third-order valence-corrected chi connectivity index (χ3v) is 2.56. The van der Waals surface area contributed by atoms with E-state index in [-0.39, 0.29) is 6.61 Å². The maximum atomic E-state index is 10.8. The molecular formula is C10H11NO3S. The van der Waals surface area contributed by atoms with E-state index in [0.29, 0.717) is 0 Å². The van der Waals surface area contributed by atoms with Gasteiger partial charge in [-0.2, -0.15) is 8.42 Å². The van der Waals surface area contributed by atoms with Crippen LogP contribution >= 0.6 is 0 Å². The highest BCUT2D eigenvalue weighted by Crippen LogP contribution is 2.15. The van der Waals surface area contributed by atoms with Gasteiger partial charge in [0.25, 0.3) is 10.1 Å². The maximum Gasteiger partial charge on any atom is 0.264 e. The van der Waals surface area contributed by atoms with Gasteiger partial charge in [0.2, 0.25) is 0 Å². The zero-order chi connectivity index (χ0) is 10.9. The fourth-order valence-corrected chi connectivity index (χ4v) is 1.72. The summed E-state index contributed by atoms with van der Waals surface area (Å²) in [6, 6.07) is 9.60.